The Labute approximate surface area is 145 Å². The van der Waals surface area contributed by atoms with Gasteiger partial charge < -0.3 is 19.3 Å². The Morgan fingerprint density at radius 1 is 1.04 bits per heavy atom. The molecule has 0 amide bonds. The van der Waals surface area contributed by atoms with Crippen molar-refractivity contribution >= 4 is 0 Å². The van der Waals surface area contributed by atoms with Gasteiger partial charge in [-0.05, 0) is 29.8 Å². The number of benzene rings is 1. The minimum atomic E-state index is 0.516. The number of hydrogen-bond donors (Lipinski definition) is 1. The highest BCUT2D eigenvalue weighted by atomic mass is 16.6. The van der Waals surface area contributed by atoms with Crippen LogP contribution in [0, 0.1) is 0 Å². The Balaban J connectivity index is 1.28. The van der Waals surface area contributed by atoms with Gasteiger partial charge in [0, 0.05) is 25.7 Å². The molecule has 7 nitrogen and oxygen atoms in total. The second-order valence-electron chi connectivity index (χ2n) is 5.63. The van der Waals surface area contributed by atoms with E-state index in [1.165, 1.54) is 0 Å². The molecule has 0 atom stereocenters. The van der Waals surface area contributed by atoms with Gasteiger partial charge in [0.2, 0.25) is 11.7 Å². The summed E-state index contributed by atoms with van der Waals surface area (Å²) in [5.74, 6) is 2.73. The van der Waals surface area contributed by atoms with Crippen molar-refractivity contribution in [3.05, 3.63) is 54.0 Å². The number of ether oxygens (including phenoxy) is 2. The van der Waals surface area contributed by atoms with Crippen molar-refractivity contribution in [3.63, 3.8) is 0 Å². The summed E-state index contributed by atoms with van der Waals surface area (Å²) >= 11 is 0. The molecule has 0 bridgehead atoms. The van der Waals surface area contributed by atoms with Crippen molar-refractivity contribution in [2.24, 2.45) is 0 Å². The zero-order valence-electron chi connectivity index (χ0n) is 13.6. The summed E-state index contributed by atoms with van der Waals surface area (Å²) in [4.78, 5) is 8.58. The number of aromatic nitrogens is 3. The molecule has 0 saturated heterocycles. The summed E-state index contributed by atoms with van der Waals surface area (Å²) in [6.45, 7) is 2.67. The van der Waals surface area contributed by atoms with Crippen LogP contribution in [-0.2, 0) is 13.0 Å². The summed E-state index contributed by atoms with van der Waals surface area (Å²) < 4.78 is 16.4. The average molecular weight is 338 g/mol. The predicted molar refractivity (Wildman–Crippen MR) is 90.4 cm³/mol. The van der Waals surface area contributed by atoms with Crippen molar-refractivity contribution in [2.45, 2.75) is 13.0 Å². The van der Waals surface area contributed by atoms with Crippen molar-refractivity contribution in [3.8, 4) is 23.0 Å². The topological polar surface area (TPSA) is 82.3 Å². The van der Waals surface area contributed by atoms with Gasteiger partial charge in [0.25, 0.3) is 0 Å². The van der Waals surface area contributed by atoms with E-state index in [4.69, 9.17) is 14.0 Å². The number of hydrogen-bond acceptors (Lipinski definition) is 7. The summed E-state index contributed by atoms with van der Waals surface area (Å²) in [5.41, 5.74) is 1.85. The van der Waals surface area contributed by atoms with Crippen LogP contribution in [0.2, 0.25) is 0 Å². The number of pyridine rings is 1. The lowest BCUT2D eigenvalue weighted by molar-refractivity contribution is 0.171. The highest BCUT2D eigenvalue weighted by Gasteiger charge is 2.12. The van der Waals surface area contributed by atoms with Crippen molar-refractivity contribution in [2.75, 3.05) is 19.8 Å². The van der Waals surface area contributed by atoms with Crippen molar-refractivity contribution in [1.29, 1.82) is 0 Å². The monoisotopic (exact) mass is 338 g/mol. The molecule has 1 N–H and O–H groups in total. The van der Waals surface area contributed by atoms with Gasteiger partial charge in [0.05, 0.1) is 0 Å². The maximum absolute atomic E-state index is 5.59. The SMILES string of the molecule is c1ccc(-c2noc(CCNCc3ccc4c(c3)OCCO4)n2)nc1. The molecular weight excluding hydrogens is 320 g/mol. The van der Waals surface area contributed by atoms with Gasteiger partial charge >= 0.3 is 0 Å². The first-order valence-corrected chi connectivity index (χ1v) is 8.22. The molecule has 1 aliphatic rings. The molecule has 0 unspecified atom stereocenters. The minimum Gasteiger partial charge on any atom is -0.486 e. The largest absolute Gasteiger partial charge is 0.486 e. The van der Waals surface area contributed by atoms with Crippen molar-refractivity contribution in [1.82, 2.24) is 20.4 Å². The molecule has 128 valence electrons. The fourth-order valence-electron chi connectivity index (χ4n) is 2.58. The van der Waals surface area contributed by atoms with Crippen LogP contribution in [0.5, 0.6) is 11.5 Å². The van der Waals surface area contributed by atoms with E-state index < -0.39 is 0 Å². The maximum atomic E-state index is 5.59. The molecule has 3 aromatic rings. The predicted octanol–water partition coefficient (Wildman–Crippen LogP) is 2.24. The first-order chi connectivity index (χ1) is 12.4. The molecule has 2 aromatic heterocycles. The third kappa shape index (κ3) is 3.77. The molecule has 3 heterocycles. The lowest BCUT2D eigenvalue weighted by atomic mass is 10.2. The lowest BCUT2D eigenvalue weighted by Crippen LogP contribution is -2.18. The van der Waals surface area contributed by atoms with E-state index in [9.17, 15) is 0 Å². The second-order valence-corrected chi connectivity index (χ2v) is 5.63. The van der Waals surface area contributed by atoms with Gasteiger partial charge in [0.15, 0.2) is 11.5 Å². The smallest absolute Gasteiger partial charge is 0.228 e. The van der Waals surface area contributed by atoms with E-state index in [1.54, 1.807) is 6.20 Å². The van der Waals surface area contributed by atoms with Gasteiger partial charge in [-0.3, -0.25) is 4.98 Å². The number of fused-ring (bicyclic) bond motifs is 1. The first-order valence-electron chi connectivity index (χ1n) is 8.22. The Hall–Kier alpha value is -2.93. The normalized spacial score (nSPS) is 13.0. The number of nitrogens with zero attached hydrogens (tertiary/aromatic N) is 3. The van der Waals surface area contributed by atoms with Crippen LogP contribution in [0.1, 0.15) is 11.5 Å². The van der Waals surface area contributed by atoms with Crippen LogP contribution >= 0.6 is 0 Å². The van der Waals surface area contributed by atoms with Gasteiger partial charge in [-0.2, -0.15) is 4.98 Å². The van der Waals surface area contributed by atoms with Crippen LogP contribution in [-0.4, -0.2) is 34.9 Å². The maximum Gasteiger partial charge on any atom is 0.228 e. The fraction of sp³-hybridized carbons (Fsp3) is 0.278. The molecule has 0 spiro atoms. The molecule has 0 saturated carbocycles. The zero-order valence-corrected chi connectivity index (χ0v) is 13.6. The molecule has 25 heavy (non-hydrogen) atoms. The van der Waals surface area contributed by atoms with E-state index >= 15 is 0 Å². The van der Waals surface area contributed by atoms with Crippen LogP contribution in [0.15, 0.2) is 47.1 Å². The molecule has 1 aromatic carbocycles. The summed E-state index contributed by atoms with van der Waals surface area (Å²) in [6, 6.07) is 11.6. The van der Waals surface area contributed by atoms with Crippen LogP contribution < -0.4 is 14.8 Å². The quantitative estimate of drug-likeness (QED) is 0.690. The van der Waals surface area contributed by atoms with E-state index in [2.05, 4.69) is 20.4 Å². The second kappa shape index (κ2) is 7.31. The Morgan fingerprint density at radius 3 is 2.84 bits per heavy atom. The third-order valence-electron chi connectivity index (χ3n) is 3.81. The van der Waals surface area contributed by atoms with Crippen LogP contribution in [0.4, 0.5) is 0 Å². The molecule has 7 heteroatoms. The molecule has 1 aliphatic heterocycles. The highest BCUT2D eigenvalue weighted by molar-refractivity contribution is 5.47. The van der Waals surface area contributed by atoms with Gasteiger partial charge in [-0.25, -0.2) is 0 Å². The molecular formula is C18H18N4O3. The zero-order chi connectivity index (χ0) is 16.9. The Bertz CT molecular complexity index is 835. The lowest BCUT2D eigenvalue weighted by Gasteiger charge is -2.18. The molecule has 0 fully saturated rings. The van der Waals surface area contributed by atoms with Gasteiger partial charge in [-0.1, -0.05) is 17.3 Å². The van der Waals surface area contributed by atoms with E-state index in [0.717, 1.165) is 30.2 Å². The molecule has 0 aliphatic carbocycles. The molecule has 4 rings (SSSR count). The van der Waals surface area contributed by atoms with Gasteiger partial charge in [0.1, 0.15) is 18.9 Å². The Kier molecular flexibility index (Phi) is 4.56. The first kappa shape index (κ1) is 15.6. The summed E-state index contributed by atoms with van der Waals surface area (Å²) in [6.07, 6.45) is 2.37. The molecule has 0 radical (unpaired) electrons. The van der Waals surface area contributed by atoms with Crippen molar-refractivity contribution < 1.29 is 14.0 Å². The van der Waals surface area contributed by atoms with E-state index in [-0.39, 0.29) is 0 Å². The Morgan fingerprint density at radius 2 is 1.96 bits per heavy atom. The van der Waals surface area contributed by atoms with Gasteiger partial charge in [-0.15, -0.1) is 0 Å². The summed E-state index contributed by atoms with van der Waals surface area (Å²) in [7, 11) is 0. The summed E-state index contributed by atoms with van der Waals surface area (Å²) in [5, 5.41) is 7.33. The minimum absolute atomic E-state index is 0.516. The van der Waals surface area contributed by atoms with E-state index in [1.807, 2.05) is 36.4 Å². The van der Waals surface area contributed by atoms with Crippen LogP contribution in [0.25, 0.3) is 11.5 Å². The standard InChI is InChI=1S/C18H18N4O3/c1-2-7-20-14(3-1)18-21-17(25-22-18)6-8-19-12-13-4-5-15-16(11-13)24-10-9-23-15/h1-5,7,11,19H,6,8-10,12H2. The third-order valence-corrected chi connectivity index (χ3v) is 3.81. The number of nitrogens with one attached hydrogen (secondary N) is 1. The number of rotatable bonds is 6. The average Bonchev–Trinajstić information content (AvgIpc) is 3.15. The fourth-order valence-corrected chi connectivity index (χ4v) is 2.58. The highest BCUT2D eigenvalue weighted by Crippen LogP contribution is 2.30. The van der Waals surface area contributed by atoms with E-state index in [0.29, 0.717) is 37.0 Å². The van der Waals surface area contributed by atoms with Crippen LogP contribution in [0.3, 0.4) is 0 Å².